The van der Waals surface area contributed by atoms with Crippen LogP contribution < -0.4 is 11.5 Å². The second kappa shape index (κ2) is 4.13. The van der Waals surface area contributed by atoms with Crippen molar-refractivity contribution in [1.82, 2.24) is 0 Å². The van der Waals surface area contributed by atoms with E-state index in [4.69, 9.17) is 16.2 Å². The van der Waals surface area contributed by atoms with Crippen LogP contribution in [0.2, 0.25) is 0 Å². The van der Waals surface area contributed by atoms with E-state index in [1.54, 1.807) is 0 Å². The van der Waals surface area contributed by atoms with E-state index in [9.17, 15) is 4.79 Å². The molecule has 0 amide bonds. The number of ether oxygens (including phenoxy) is 1. The Kier molecular flexibility index (Phi) is 3.13. The lowest BCUT2D eigenvalue weighted by Gasteiger charge is -2.00. The minimum absolute atomic E-state index is 0.371. The first-order valence-electron chi connectivity index (χ1n) is 3.97. The first-order chi connectivity index (χ1) is 6.15. The number of hydrogen-bond donors (Lipinski definition) is 2. The summed E-state index contributed by atoms with van der Waals surface area (Å²) in [6, 6.07) is 1.54. The topological polar surface area (TPSA) is 78.3 Å². The predicted octanol–water partition coefficient (Wildman–Crippen LogP) is 1.48. The Morgan fingerprint density at radius 2 is 2.31 bits per heavy atom. The van der Waals surface area contributed by atoms with Gasteiger partial charge in [-0.15, -0.1) is 11.3 Å². The number of nitrogens with two attached hydrogens (primary N) is 2. The molecule has 72 valence electrons. The van der Waals surface area contributed by atoms with E-state index < -0.39 is 5.97 Å². The molecule has 4 nitrogen and oxygen atoms in total. The predicted molar refractivity (Wildman–Crippen MR) is 53.7 cm³/mol. The summed E-state index contributed by atoms with van der Waals surface area (Å²) in [5, 5.41) is 0.944. The van der Waals surface area contributed by atoms with Crippen molar-refractivity contribution in [2.75, 3.05) is 18.1 Å². The zero-order chi connectivity index (χ0) is 9.84. The van der Waals surface area contributed by atoms with Crippen molar-refractivity contribution in [2.24, 2.45) is 0 Å². The highest BCUT2D eigenvalue weighted by atomic mass is 32.1. The molecule has 4 N–H and O–H groups in total. The number of carbonyl (C=O) groups is 1. The van der Waals surface area contributed by atoms with Crippen LogP contribution in [0.3, 0.4) is 0 Å². The number of hydrogen-bond acceptors (Lipinski definition) is 5. The summed E-state index contributed by atoms with van der Waals surface area (Å²) >= 11 is 1.19. The van der Waals surface area contributed by atoms with Crippen LogP contribution in [-0.4, -0.2) is 12.6 Å². The highest BCUT2D eigenvalue weighted by molar-refractivity contribution is 7.20. The maximum absolute atomic E-state index is 11.3. The van der Waals surface area contributed by atoms with Gasteiger partial charge in [0.1, 0.15) is 5.00 Å². The fraction of sp³-hybridized carbons (Fsp3) is 0.375. The summed E-state index contributed by atoms with van der Waals surface area (Å²) in [5.74, 6) is -0.396. The van der Waals surface area contributed by atoms with Crippen LogP contribution in [0.4, 0.5) is 10.0 Å². The van der Waals surface area contributed by atoms with Gasteiger partial charge >= 0.3 is 5.97 Å². The van der Waals surface area contributed by atoms with Gasteiger partial charge in [-0.05, 0) is 12.5 Å². The number of anilines is 2. The molecule has 0 saturated heterocycles. The fourth-order valence-corrected chi connectivity index (χ4v) is 1.54. The van der Waals surface area contributed by atoms with E-state index in [1.165, 1.54) is 17.4 Å². The van der Waals surface area contributed by atoms with Crippen molar-refractivity contribution in [3.8, 4) is 0 Å². The molecule has 1 aromatic rings. The van der Waals surface area contributed by atoms with E-state index in [0.29, 0.717) is 22.2 Å². The third-order valence-corrected chi connectivity index (χ3v) is 2.23. The summed E-state index contributed by atoms with van der Waals surface area (Å²) in [4.78, 5) is 11.3. The molecule has 0 aromatic carbocycles. The van der Waals surface area contributed by atoms with Gasteiger partial charge in [0.15, 0.2) is 0 Å². The van der Waals surface area contributed by atoms with Gasteiger partial charge in [-0.3, -0.25) is 0 Å². The van der Waals surface area contributed by atoms with Gasteiger partial charge < -0.3 is 16.2 Å². The van der Waals surface area contributed by atoms with E-state index in [0.717, 1.165) is 6.42 Å². The molecule has 5 heteroatoms. The number of nitrogen functional groups attached to an aromatic ring is 2. The molecule has 0 atom stereocenters. The van der Waals surface area contributed by atoms with Gasteiger partial charge in [0.2, 0.25) is 0 Å². The van der Waals surface area contributed by atoms with E-state index in [2.05, 4.69) is 0 Å². The Labute approximate surface area is 80.5 Å². The molecular formula is C8H12N2O2S. The quantitative estimate of drug-likeness (QED) is 0.724. The molecule has 0 aliphatic carbocycles. The van der Waals surface area contributed by atoms with Crippen LogP contribution in [0.25, 0.3) is 0 Å². The average Bonchev–Trinajstić information content (AvgIpc) is 2.41. The van der Waals surface area contributed by atoms with E-state index in [1.807, 2.05) is 6.92 Å². The van der Waals surface area contributed by atoms with Gasteiger partial charge in [-0.25, -0.2) is 4.79 Å². The van der Waals surface area contributed by atoms with Gasteiger partial charge in [0.25, 0.3) is 0 Å². The van der Waals surface area contributed by atoms with Crippen molar-refractivity contribution in [2.45, 2.75) is 13.3 Å². The Hall–Kier alpha value is -1.23. The lowest BCUT2D eigenvalue weighted by atomic mass is 10.3. The molecule has 0 aliphatic rings. The minimum atomic E-state index is -0.396. The summed E-state index contributed by atoms with van der Waals surface area (Å²) in [5.41, 5.74) is 11.4. The molecule has 0 aliphatic heterocycles. The van der Waals surface area contributed by atoms with Crippen LogP contribution in [0, 0.1) is 0 Å². The summed E-state index contributed by atoms with van der Waals surface area (Å²) in [7, 11) is 0. The number of esters is 1. The number of carbonyl (C=O) groups excluding carboxylic acids is 1. The Bertz CT molecular complexity index is 309. The van der Waals surface area contributed by atoms with Gasteiger partial charge in [0, 0.05) is 0 Å². The van der Waals surface area contributed by atoms with E-state index >= 15 is 0 Å². The van der Waals surface area contributed by atoms with Crippen LogP contribution in [0.15, 0.2) is 6.07 Å². The Balaban J connectivity index is 2.70. The molecule has 0 saturated carbocycles. The van der Waals surface area contributed by atoms with Gasteiger partial charge in [-0.2, -0.15) is 0 Å². The second-order valence-electron chi connectivity index (χ2n) is 2.56. The smallest absolute Gasteiger partial charge is 0.341 e. The molecule has 0 bridgehead atoms. The van der Waals surface area contributed by atoms with Gasteiger partial charge in [-0.1, -0.05) is 6.92 Å². The lowest BCUT2D eigenvalue weighted by molar-refractivity contribution is 0.0507. The highest BCUT2D eigenvalue weighted by Gasteiger charge is 2.13. The maximum atomic E-state index is 11.3. The summed E-state index contributed by atoms with van der Waals surface area (Å²) in [6.45, 7) is 2.34. The first-order valence-corrected chi connectivity index (χ1v) is 4.78. The largest absolute Gasteiger partial charge is 0.462 e. The summed E-state index contributed by atoms with van der Waals surface area (Å²) < 4.78 is 4.90. The van der Waals surface area contributed by atoms with Crippen LogP contribution in [0.1, 0.15) is 23.7 Å². The van der Waals surface area contributed by atoms with Crippen molar-refractivity contribution >= 4 is 27.3 Å². The monoisotopic (exact) mass is 200 g/mol. The van der Waals surface area contributed by atoms with Crippen molar-refractivity contribution in [3.05, 3.63) is 11.6 Å². The lowest BCUT2D eigenvalue weighted by Crippen LogP contribution is -2.06. The molecule has 0 fully saturated rings. The van der Waals surface area contributed by atoms with Crippen molar-refractivity contribution in [3.63, 3.8) is 0 Å². The Morgan fingerprint density at radius 1 is 1.62 bits per heavy atom. The van der Waals surface area contributed by atoms with Gasteiger partial charge in [0.05, 0.1) is 17.2 Å². The van der Waals surface area contributed by atoms with Crippen LogP contribution in [-0.2, 0) is 4.74 Å². The second-order valence-corrected chi connectivity index (χ2v) is 3.68. The zero-order valence-corrected chi connectivity index (χ0v) is 8.19. The number of thiophene rings is 1. The molecule has 1 aromatic heterocycles. The molecule has 0 unspecified atom stereocenters. The fourth-order valence-electron chi connectivity index (χ4n) is 0.857. The normalized spacial score (nSPS) is 9.92. The third-order valence-electron chi connectivity index (χ3n) is 1.44. The third kappa shape index (κ3) is 2.35. The minimum Gasteiger partial charge on any atom is -0.462 e. The zero-order valence-electron chi connectivity index (χ0n) is 7.37. The van der Waals surface area contributed by atoms with Crippen molar-refractivity contribution < 1.29 is 9.53 Å². The maximum Gasteiger partial charge on any atom is 0.341 e. The summed E-state index contributed by atoms with van der Waals surface area (Å²) in [6.07, 6.45) is 0.797. The van der Waals surface area contributed by atoms with E-state index in [-0.39, 0.29) is 0 Å². The average molecular weight is 200 g/mol. The SMILES string of the molecule is CCCOC(=O)c1cc(N)sc1N. The highest BCUT2D eigenvalue weighted by Crippen LogP contribution is 2.27. The molecular weight excluding hydrogens is 188 g/mol. The standard InChI is InChI=1S/C8H12N2O2S/c1-2-3-12-8(11)5-4-6(9)13-7(5)10/h4H,2-3,9-10H2,1H3. The molecule has 1 rings (SSSR count). The van der Waals surface area contributed by atoms with Crippen molar-refractivity contribution in [1.29, 1.82) is 0 Å². The molecule has 0 spiro atoms. The number of rotatable bonds is 3. The Morgan fingerprint density at radius 3 is 2.77 bits per heavy atom. The molecule has 13 heavy (non-hydrogen) atoms. The molecule has 1 heterocycles. The molecule has 0 radical (unpaired) electrons. The van der Waals surface area contributed by atoms with Crippen LogP contribution in [0.5, 0.6) is 0 Å². The first kappa shape index (κ1) is 9.85. The van der Waals surface area contributed by atoms with Crippen LogP contribution >= 0.6 is 11.3 Å².